The van der Waals surface area contributed by atoms with Gasteiger partial charge < -0.3 is 29.4 Å². The minimum atomic E-state index is -0.703. The molecule has 3 amide bonds. The minimum Gasteiger partial charge on any atom is -0.453 e. The molecule has 11 nitrogen and oxygen atoms in total. The van der Waals surface area contributed by atoms with E-state index in [0.717, 1.165) is 5.56 Å². The Balaban J connectivity index is 1.59. The smallest absolute Gasteiger partial charge is 0.411 e. The van der Waals surface area contributed by atoms with Gasteiger partial charge in [-0.1, -0.05) is 35.9 Å². The summed E-state index contributed by atoms with van der Waals surface area (Å²) < 4.78 is 15.5. The standard InChI is InChI=1S/C29H34ClN5O6/c1-29(2,3)41-28(38)32-22(17-18-6-5-7-20(16-18)26(36)35-12-14-40-15-13-35)25-33-23(24(30)34-25)19-8-10-21(11-9-19)31-27(37)39-4/h5-11,16,22H,12-15,17H2,1-4H3,(H,31,37)(H,32,38)(H,33,34)/t22-/m0/s1. The second-order valence-corrected chi connectivity index (χ2v) is 10.9. The van der Waals surface area contributed by atoms with Crippen molar-refractivity contribution in [2.45, 2.75) is 38.8 Å². The van der Waals surface area contributed by atoms with Crippen molar-refractivity contribution in [1.29, 1.82) is 0 Å². The Morgan fingerprint density at radius 3 is 2.46 bits per heavy atom. The van der Waals surface area contributed by atoms with Crippen LogP contribution in [-0.4, -0.2) is 72.0 Å². The number of morpholine rings is 1. The zero-order valence-electron chi connectivity index (χ0n) is 23.5. The van der Waals surface area contributed by atoms with Gasteiger partial charge in [-0.3, -0.25) is 10.1 Å². The molecule has 218 valence electrons. The van der Waals surface area contributed by atoms with Crippen LogP contribution in [0, 0.1) is 0 Å². The van der Waals surface area contributed by atoms with Crippen LogP contribution in [-0.2, 0) is 20.6 Å². The number of carbonyl (C=O) groups excluding carboxylic acids is 3. The van der Waals surface area contributed by atoms with Gasteiger partial charge in [-0.2, -0.15) is 0 Å². The third-order valence-electron chi connectivity index (χ3n) is 6.20. The highest BCUT2D eigenvalue weighted by atomic mass is 35.5. The lowest BCUT2D eigenvalue weighted by molar-refractivity contribution is 0.0302. The molecule has 2 aromatic carbocycles. The van der Waals surface area contributed by atoms with E-state index in [9.17, 15) is 14.4 Å². The molecule has 1 aliphatic rings. The molecule has 0 spiro atoms. The molecule has 0 radical (unpaired) electrons. The van der Waals surface area contributed by atoms with E-state index in [1.807, 2.05) is 18.2 Å². The Kier molecular flexibility index (Phi) is 9.51. The number of nitrogens with zero attached hydrogens (tertiary/aromatic N) is 2. The first-order chi connectivity index (χ1) is 19.5. The largest absolute Gasteiger partial charge is 0.453 e. The highest BCUT2D eigenvalue weighted by Gasteiger charge is 2.25. The fraction of sp³-hybridized carbons (Fsp3) is 0.379. The SMILES string of the molecule is COC(=O)Nc1ccc(-c2nc([C@H](Cc3cccc(C(=O)N4CCOCC4)c3)NC(=O)OC(C)(C)C)[nH]c2Cl)cc1. The van der Waals surface area contributed by atoms with Gasteiger partial charge in [0.15, 0.2) is 0 Å². The molecule has 3 N–H and O–H groups in total. The Bertz CT molecular complexity index is 1380. The van der Waals surface area contributed by atoms with Crippen LogP contribution in [0.25, 0.3) is 11.3 Å². The molecule has 2 heterocycles. The van der Waals surface area contributed by atoms with Gasteiger partial charge in [-0.15, -0.1) is 0 Å². The fourth-order valence-electron chi connectivity index (χ4n) is 4.29. The van der Waals surface area contributed by atoms with Crippen molar-refractivity contribution < 1.29 is 28.6 Å². The molecule has 3 aromatic rings. The predicted molar refractivity (Wildman–Crippen MR) is 154 cm³/mol. The summed E-state index contributed by atoms with van der Waals surface area (Å²) in [6, 6.07) is 13.6. The molecule has 12 heteroatoms. The number of ether oxygens (including phenoxy) is 3. The normalized spacial score (nSPS) is 14.2. The van der Waals surface area contributed by atoms with E-state index in [2.05, 4.69) is 20.4 Å². The van der Waals surface area contributed by atoms with Gasteiger partial charge in [-0.05, 0) is 50.6 Å². The molecule has 4 rings (SSSR count). The number of aromatic nitrogens is 2. The maximum atomic E-state index is 13.1. The summed E-state index contributed by atoms with van der Waals surface area (Å²) in [5.41, 5.74) is 2.38. The lowest BCUT2D eigenvalue weighted by Crippen LogP contribution is -2.40. The number of benzene rings is 2. The molecule has 41 heavy (non-hydrogen) atoms. The molecule has 0 aliphatic carbocycles. The third kappa shape index (κ3) is 8.21. The van der Waals surface area contributed by atoms with Crippen molar-refractivity contribution in [2.75, 3.05) is 38.7 Å². The molecule has 0 bridgehead atoms. The van der Waals surface area contributed by atoms with Crippen LogP contribution in [0.5, 0.6) is 0 Å². The number of H-pyrrole nitrogens is 1. The molecule has 0 unspecified atom stereocenters. The zero-order valence-corrected chi connectivity index (χ0v) is 24.2. The Morgan fingerprint density at radius 1 is 1.10 bits per heavy atom. The summed E-state index contributed by atoms with van der Waals surface area (Å²) in [4.78, 5) is 46.9. The molecule has 1 saturated heterocycles. The lowest BCUT2D eigenvalue weighted by Gasteiger charge is -2.27. The number of anilines is 1. The molecule has 0 saturated carbocycles. The summed E-state index contributed by atoms with van der Waals surface area (Å²) in [6.45, 7) is 7.45. The average molecular weight is 584 g/mol. The second-order valence-electron chi connectivity index (χ2n) is 10.5. The van der Waals surface area contributed by atoms with Crippen molar-refractivity contribution >= 4 is 35.4 Å². The quantitative estimate of drug-likeness (QED) is 0.348. The molecular weight excluding hydrogens is 550 g/mol. The summed E-state index contributed by atoms with van der Waals surface area (Å²) in [6.07, 6.45) is -0.880. The van der Waals surface area contributed by atoms with Crippen LogP contribution in [0.1, 0.15) is 48.6 Å². The number of hydrogen-bond donors (Lipinski definition) is 3. The number of aromatic amines is 1. The Labute approximate surface area is 243 Å². The van der Waals surface area contributed by atoms with Gasteiger partial charge >= 0.3 is 12.2 Å². The topological polar surface area (TPSA) is 135 Å². The summed E-state index contributed by atoms with van der Waals surface area (Å²) in [5.74, 6) is 0.345. The van der Waals surface area contributed by atoms with E-state index < -0.39 is 23.8 Å². The molecular formula is C29H34ClN5O6. The highest BCUT2D eigenvalue weighted by molar-refractivity contribution is 6.31. The third-order valence-corrected chi connectivity index (χ3v) is 6.47. The van der Waals surface area contributed by atoms with Gasteiger partial charge in [0.05, 0.1) is 26.4 Å². The maximum Gasteiger partial charge on any atom is 0.411 e. The van der Waals surface area contributed by atoms with Gasteiger partial charge in [0.25, 0.3) is 5.91 Å². The summed E-state index contributed by atoms with van der Waals surface area (Å²) >= 11 is 6.56. The van der Waals surface area contributed by atoms with Crippen LogP contribution in [0.15, 0.2) is 48.5 Å². The minimum absolute atomic E-state index is 0.0692. The molecule has 1 aromatic heterocycles. The number of carbonyl (C=O) groups is 3. The number of halogens is 1. The van der Waals surface area contributed by atoms with E-state index >= 15 is 0 Å². The van der Waals surface area contributed by atoms with Crippen LogP contribution in [0.2, 0.25) is 5.15 Å². The number of alkyl carbamates (subject to hydrolysis) is 1. The number of imidazole rings is 1. The van der Waals surface area contributed by atoms with E-state index in [1.165, 1.54) is 7.11 Å². The first kappa shape index (κ1) is 29.9. The number of nitrogens with one attached hydrogen (secondary N) is 3. The van der Waals surface area contributed by atoms with Crippen molar-refractivity contribution in [2.24, 2.45) is 0 Å². The molecule has 1 atom stereocenters. The first-order valence-electron chi connectivity index (χ1n) is 13.2. The van der Waals surface area contributed by atoms with Gasteiger partial charge in [-0.25, -0.2) is 14.6 Å². The van der Waals surface area contributed by atoms with Crippen molar-refractivity contribution in [3.8, 4) is 11.3 Å². The molecule has 1 aliphatic heterocycles. The van der Waals surface area contributed by atoms with Crippen LogP contribution >= 0.6 is 11.6 Å². The van der Waals surface area contributed by atoms with Gasteiger partial charge in [0.1, 0.15) is 22.3 Å². The van der Waals surface area contributed by atoms with Gasteiger partial charge in [0, 0.05) is 36.3 Å². The number of rotatable bonds is 7. The summed E-state index contributed by atoms with van der Waals surface area (Å²) in [5, 5.41) is 5.76. The van der Waals surface area contributed by atoms with Crippen molar-refractivity contribution in [3.05, 3.63) is 70.6 Å². The second kappa shape index (κ2) is 13.0. The lowest BCUT2D eigenvalue weighted by atomic mass is 10.0. The fourth-order valence-corrected chi connectivity index (χ4v) is 4.54. The van der Waals surface area contributed by atoms with Crippen LogP contribution in [0.3, 0.4) is 0 Å². The zero-order chi connectivity index (χ0) is 29.6. The number of methoxy groups -OCH3 is 1. The Hall–Kier alpha value is -4.09. The van der Waals surface area contributed by atoms with E-state index in [4.69, 9.17) is 26.1 Å². The van der Waals surface area contributed by atoms with E-state index in [1.54, 1.807) is 56.0 Å². The molecule has 1 fully saturated rings. The van der Waals surface area contributed by atoms with Crippen molar-refractivity contribution in [1.82, 2.24) is 20.2 Å². The van der Waals surface area contributed by atoms with Crippen LogP contribution < -0.4 is 10.6 Å². The maximum absolute atomic E-state index is 13.1. The average Bonchev–Trinajstić information content (AvgIpc) is 3.33. The van der Waals surface area contributed by atoms with Gasteiger partial charge in [0.2, 0.25) is 0 Å². The monoisotopic (exact) mass is 583 g/mol. The highest BCUT2D eigenvalue weighted by Crippen LogP contribution is 2.30. The Morgan fingerprint density at radius 2 is 1.80 bits per heavy atom. The van der Waals surface area contributed by atoms with E-state index in [0.29, 0.717) is 61.1 Å². The van der Waals surface area contributed by atoms with Crippen LogP contribution in [0.4, 0.5) is 15.3 Å². The van der Waals surface area contributed by atoms with Crippen molar-refractivity contribution in [3.63, 3.8) is 0 Å². The predicted octanol–water partition coefficient (Wildman–Crippen LogP) is 5.19. The number of amides is 3. The summed E-state index contributed by atoms with van der Waals surface area (Å²) in [7, 11) is 1.29. The number of hydrogen-bond acceptors (Lipinski definition) is 7. The van der Waals surface area contributed by atoms with E-state index in [-0.39, 0.29) is 11.1 Å². The first-order valence-corrected chi connectivity index (χ1v) is 13.6.